The van der Waals surface area contributed by atoms with Gasteiger partial charge < -0.3 is 5.32 Å². The van der Waals surface area contributed by atoms with Gasteiger partial charge in [-0.2, -0.15) is 13.2 Å². The van der Waals surface area contributed by atoms with Gasteiger partial charge in [-0.1, -0.05) is 6.07 Å². The molecule has 0 bridgehead atoms. The molecule has 1 rings (SSSR count). The van der Waals surface area contributed by atoms with Crippen molar-refractivity contribution in [1.29, 1.82) is 0 Å². The summed E-state index contributed by atoms with van der Waals surface area (Å²) in [5.41, 5.74) is 0.347. The molecule has 0 saturated carbocycles. The SMILES string of the molecule is Cc1ccc(C(F)(F)F)cc1NCCCS(C)(=O)=O. The fourth-order valence-corrected chi connectivity index (χ4v) is 2.21. The van der Waals surface area contributed by atoms with Crippen LogP contribution in [0.15, 0.2) is 18.2 Å². The van der Waals surface area contributed by atoms with Crippen LogP contribution in [0.25, 0.3) is 0 Å². The normalized spacial score (nSPS) is 12.5. The van der Waals surface area contributed by atoms with Gasteiger partial charge >= 0.3 is 6.18 Å². The lowest BCUT2D eigenvalue weighted by atomic mass is 10.1. The van der Waals surface area contributed by atoms with E-state index in [1.807, 2.05) is 0 Å². The molecule has 0 aromatic heterocycles. The second-order valence-corrected chi connectivity index (χ2v) is 6.70. The third kappa shape index (κ3) is 5.50. The van der Waals surface area contributed by atoms with Crippen LogP contribution in [-0.4, -0.2) is 27.0 Å². The molecule has 0 unspecified atom stereocenters. The molecule has 0 fully saturated rings. The number of hydrogen-bond acceptors (Lipinski definition) is 3. The van der Waals surface area contributed by atoms with Crippen molar-refractivity contribution in [3.63, 3.8) is 0 Å². The van der Waals surface area contributed by atoms with Crippen molar-refractivity contribution in [2.75, 3.05) is 23.9 Å². The van der Waals surface area contributed by atoms with Crippen molar-refractivity contribution in [3.8, 4) is 0 Å². The number of sulfone groups is 1. The zero-order chi connectivity index (χ0) is 14.7. The highest BCUT2D eigenvalue weighted by Gasteiger charge is 2.30. The molecule has 0 saturated heterocycles. The first kappa shape index (κ1) is 15.8. The highest BCUT2D eigenvalue weighted by atomic mass is 32.2. The highest BCUT2D eigenvalue weighted by Crippen LogP contribution is 2.31. The van der Waals surface area contributed by atoms with E-state index in [-0.39, 0.29) is 5.75 Å². The van der Waals surface area contributed by atoms with Gasteiger partial charge in [0.2, 0.25) is 0 Å². The average molecular weight is 295 g/mol. The van der Waals surface area contributed by atoms with Gasteiger partial charge in [-0.3, -0.25) is 0 Å². The Bertz CT molecular complexity index is 538. The summed E-state index contributed by atoms with van der Waals surface area (Å²) in [5, 5.41) is 2.83. The van der Waals surface area contributed by atoms with Crippen LogP contribution in [0.1, 0.15) is 17.5 Å². The lowest BCUT2D eigenvalue weighted by Gasteiger charge is -2.13. The third-order valence-corrected chi connectivity index (χ3v) is 3.60. The maximum Gasteiger partial charge on any atom is 0.416 e. The summed E-state index contributed by atoms with van der Waals surface area (Å²) in [7, 11) is -3.04. The predicted molar refractivity (Wildman–Crippen MR) is 69.0 cm³/mol. The first-order valence-electron chi connectivity index (χ1n) is 5.69. The first-order chi connectivity index (χ1) is 8.59. The molecule has 1 N–H and O–H groups in total. The van der Waals surface area contributed by atoms with Crippen molar-refractivity contribution in [2.24, 2.45) is 0 Å². The Labute approximate surface area is 110 Å². The Morgan fingerprint density at radius 2 is 1.89 bits per heavy atom. The minimum Gasteiger partial charge on any atom is -0.385 e. The summed E-state index contributed by atoms with van der Waals surface area (Å²) in [6.45, 7) is 2.01. The van der Waals surface area contributed by atoms with Crippen LogP contribution in [0.3, 0.4) is 0 Å². The van der Waals surface area contributed by atoms with Crippen molar-refractivity contribution >= 4 is 15.5 Å². The van der Waals surface area contributed by atoms with Gasteiger partial charge in [-0.25, -0.2) is 8.42 Å². The summed E-state index contributed by atoms with van der Waals surface area (Å²) >= 11 is 0. The number of nitrogens with one attached hydrogen (secondary N) is 1. The fraction of sp³-hybridized carbons (Fsp3) is 0.500. The monoisotopic (exact) mass is 295 g/mol. The van der Waals surface area contributed by atoms with Crippen molar-refractivity contribution in [3.05, 3.63) is 29.3 Å². The summed E-state index contributed by atoms with van der Waals surface area (Å²) in [6, 6.07) is 3.45. The molecule has 0 radical (unpaired) electrons. The van der Waals surface area contributed by atoms with Crippen LogP contribution in [-0.2, 0) is 16.0 Å². The Balaban J connectivity index is 2.68. The van der Waals surface area contributed by atoms with E-state index in [0.29, 0.717) is 24.2 Å². The van der Waals surface area contributed by atoms with Gasteiger partial charge in [0, 0.05) is 18.5 Å². The molecule has 1 aromatic carbocycles. The molecule has 0 amide bonds. The molecule has 0 heterocycles. The molecule has 0 aliphatic carbocycles. The molecule has 3 nitrogen and oxygen atoms in total. The Morgan fingerprint density at radius 1 is 1.26 bits per heavy atom. The number of anilines is 1. The van der Waals surface area contributed by atoms with Gasteiger partial charge in [0.1, 0.15) is 9.84 Å². The Kier molecular flexibility index (Phi) is 4.84. The molecule has 1 aromatic rings. The molecule has 19 heavy (non-hydrogen) atoms. The smallest absolute Gasteiger partial charge is 0.385 e. The largest absolute Gasteiger partial charge is 0.416 e. The summed E-state index contributed by atoms with van der Waals surface area (Å²) in [4.78, 5) is 0. The number of aryl methyl sites for hydroxylation is 1. The molecule has 0 aliphatic rings. The lowest BCUT2D eigenvalue weighted by Crippen LogP contribution is -2.11. The second-order valence-electron chi connectivity index (χ2n) is 4.44. The van der Waals surface area contributed by atoms with E-state index >= 15 is 0 Å². The maximum atomic E-state index is 12.5. The molecule has 108 valence electrons. The Hall–Kier alpha value is -1.24. The molecule has 0 spiro atoms. The van der Waals surface area contributed by atoms with E-state index in [9.17, 15) is 21.6 Å². The Morgan fingerprint density at radius 3 is 2.42 bits per heavy atom. The zero-order valence-electron chi connectivity index (χ0n) is 10.7. The summed E-state index contributed by atoms with van der Waals surface area (Å²) in [6.07, 6.45) is -2.89. The van der Waals surface area contributed by atoms with Crippen LogP contribution in [0.4, 0.5) is 18.9 Å². The minimum absolute atomic E-state index is 0.0119. The maximum absolute atomic E-state index is 12.5. The van der Waals surface area contributed by atoms with E-state index in [1.165, 1.54) is 6.07 Å². The van der Waals surface area contributed by atoms with Crippen molar-refractivity contribution < 1.29 is 21.6 Å². The van der Waals surface area contributed by atoms with Gasteiger partial charge in [0.05, 0.1) is 11.3 Å². The summed E-state index contributed by atoms with van der Waals surface area (Å²) in [5.74, 6) is 0.0119. The molecular formula is C12H16F3NO2S. The standard InChI is InChI=1S/C12H16F3NO2S/c1-9-4-5-10(12(13,14)15)8-11(9)16-6-3-7-19(2,17)18/h4-5,8,16H,3,6-7H2,1-2H3. The second kappa shape index (κ2) is 5.81. The number of benzene rings is 1. The quantitative estimate of drug-likeness (QED) is 0.850. The van der Waals surface area contributed by atoms with E-state index in [0.717, 1.165) is 18.4 Å². The van der Waals surface area contributed by atoms with Crippen LogP contribution in [0.2, 0.25) is 0 Å². The van der Waals surface area contributed by atoms with E-state index in [2.05, 4.69) is 5.32 Å². The van der Waals surface area contributed by atoms with E-state index in [4.69, 9.17) is 0 Å². The minimum atomic E-state index is -4.38. The number of halogens is 3. The average Bonchev–Trinajstić information content (AvgIpc) is 2.23. The summed E-state index contributed by atoms with van der Waals surface area (Å²) < 4.78 is 59.4. The third-order valence-electron chi connectivity index (χ3n) is 2.57. The van der Waals surface area contributed by atoms with Gasteiger partial charge in [0.15, 0.2) is 0 Å². The van der Waals surface area contributed by atoms with Gasteiger partial charge in [-0.15, -0.1) is 0 Å². The zero-order valence-corrected chi connectivity index (χ0v) is 11.5. The fourth-order valence-electron chi connectivity index (χ4n) is 1.55. The van der Waals surface area contributed by atoms with E-state index in [1.54, 1.807) is 6.92 Å². The molecule has 7 heteroatoms. The van der Waals surface area contributed by atoms with E-state index < -0.39 is 21.6 Å². The van der Waals surface area contributed by atoms with Gasteiger partial charge in [0.25, 0.3) is 0 Å². The van der Waals surface area contributed by atoms with Gasteiger partial charge in [-0.05, 0) is 31.0 Å². The van der Waals surface area contributed by atoms with Crippen molar-refractivity contribution in [2.45, 2.75) is 19.5 Å². The molecule has 0 aliphatic heterocycles. The molecular weight excluding hydrogens is 279 g/mol. The highest BCUT2D eigenvalue weighted by molar-refractivity contribution is 7.90. The van der Waals surface area contributed by atoms with Crippen LogP contribution in [0.5, 0.6) is 0 Å². The van der Waals surface area contributed by atoms with Crippen molar-refractivity contribution in [1.82, 2.24) is 0 Å². The first-order valence-corrected chi connectivity index (χ1v) is 7.75. The number of rotatable bonds is 5. The lowest BCUT2D eigenvalue weighted by molar-refractivity contribution is -0.137. The molecule has 0 atom stereocenters. The number of alkyl halides is 3. The van der Waals surface area contributed by atoms with Crippen LogP contribution < -0.4 is 5.32 Å². The topological polar surface area (TPSA) is 46.2 Å². The number of hydrogen-bond donors (Lipinski definition) is 1. The van der Waals surface area contributed by atoms with Crippen LogP contribution >= 0.6 is 0 Å². The van der Waals surface area contributed by atoms with Crippen LogP contribution in [0, 0.1) is 6.92 Å². The predicted octanol–water partition coefficient (Wildman–Crippen LogP) is 2.86.